The molecule has 0 aliphatic heterocycles. The van der Waals surface area contributed by atoms with Gasteiger partial charge in [0, 0.05) is 0 Å². The van der Waals surface area contributed by atoms with E-state index in [9.17, 15) is 9.59 Å². The van der Waals surface area contributed by atoms with Gasteiger partial charge in [-0.1, -0.05) is 50.7 Å². The lowest BCUT2D eigenvalue weighted by Crippen LogP contribution is -2.28. The fraction of sp³-hybridized carbons (Fsp3) is 0.727. The van der Waals surface area contributed by atoms with Crippen molar-refractivity contribution in [2.45, 2.75) is 83.5 Å². The largest absolute Gasteiger partial charge is 0.294 e. The summed E-state index contributed by atoms with van der Waals surface area (Å²) in [5.41, 5.74) is 0.956. The van der Waals surface area contributed by atoms with Crippen molar-refractivity contribution in [3.8, 4) is 0 Å². The normalized spacial score (nSPS) is 29.4. The number of rotatable bonds is 4. The second-order valence-electron chi connectivity index (χ2n) is 8.06. The summed E-state index contributed by atoms with van der Waals surface area (Å²) in [4.78, 5) is 25.3. The number of carbonyl (C=O) groups is 2. The predicted octanol–water partition coefficient (Wildman–Crippen LogP) is 5.57. The van der Waals surface area contributed by atoms with E-state index in [0.717, 1.165) is 24.8 Å². The third kappa shape index (κ3) is 4.68. The minimum Gasteiger partial charge on any atom is -0.294 e. The molecular formula is C22H32O2. The third-order valence-electron chi connectivity index (χ3n) is 6.18. The Morgan fingerprint density at radius 2 is 1.42 bits per heavy atom. The molecule has 0 spiro atoms. The van der Waals surface area contributed by atoms with Crippen LogP contribution in [0, 0.1) is 17.8 Å². The number of Topliss-reactive ketones (excluding diaryl/α,β-unsaturated/α-hetero) is 1. The molecule has 3 rings (SSSR count). The van der Waals surface area contributed by atoms with Crippen molar-refractivity contribution in [2.75, 3.05) is 0 Å². The SMILES string of the molecule is O=C(/C=C/C1CCCCC1)C1CCCC(=CC2CCCCC2)C1=O. The van der Waals surface area contributed by atoms with Crippen molar-refractivity contribution < 1.29 is 9.59 Å². The van der Waals surface area contributed by atoms with E-state index in [0.29, 0.717) is 11.8 Å². The van der Waals surface area contributed by atoms with E-state index in [1.807, 2.05) is 0 Å². The van der Waals surface area contributed by atoms with Crippen LogP contribution in [0.5, 0.6) is 0 Å². The molecule has 24 heavy (non-hydrogen) atoms. The highest BCUT2D eigenvalue weighted by Gasteiger charge is 2.31. The van der Waals surface area contributed by atoms with Crippen LogP contribution < -0.4 is 0 Å². The Kier molecular flexibility index (Phi) is 6.45. The molecule has 0 aromatic heterocycles. The van der Waals surface area contributed by atoms with Crippen molar-refractivity contribution >= 4 is 11.6 Å². The van der Waals surface area contributed by atoms with Crippen LogP contribution in [0.2, 0.25) is 0 Å². The van der Waals surface area contributed by atoms with Gasteiger partial charge in [0.15, 0.2) is 11.6 Å². The van der Waals surface area contributed by atoms with E-state index in [4.69, 9.17) is 0 Å². The quantitative estimate of drug-likeness (QED) is 0.499. The topological polar surface area (TPSA) is 34.1 Å². The van der Waals surface area contributed by atoms with Gasteiger partial charge in [-0.15, -0.1) is 0 Å². The zero-order valence-electron chi connectivity index (χ0n) is 15.0. The van der Waals surface area contributed by atoms with Gasteiger partial charge in [0.25, 0.3) is 0 Å². The summed E-state index contributed by atoms with van der Waals surface area (Å²) >= 11 is 0. The van der Waals surface area contributed by atoms with Crippen molar-refractivity contribution in [2.24, 2.45) is 17.8 Å². The fourth-order valence-electron chi connectivity index (χ4n) is 4.67. The van der Waals surface area contributed by atoms with Crippen LogP contribution in [-0.2, 0) is 9.59 Å². The van der Waals surface area contributed by atoms with Gasteiger partial charge in [0.1, 0.15) is 0 Å². The summed E-state index contributed by atoms with van der Waals surface area (Å²) < 4.78 is 0. The van der Waals surface area contributed by atoms with Crippen molar-refractivity contribution in [3.63, 3.8) is 0 Å². The molecule has 3 saturated carbocycles. The first kappa shape index (κ1) is 17.6. The first-order valence-corrected chi connectivity index (χ1v) is 10.2. The van der Waals surface area contributed by atoms with Gasteiger partial charge in [-0.25, -0.2) is 0 Å². The Labute approximate surface area is 146 Å². The van der Waals surface area contributed by atoms with Crippen LogP contribution in [-0.4, -0.2) is 11.6 Å². The molecule has 2 nitrogen and oxygen atoms in total. The fourth-order valence-corrected chi connectivity index (χ4v) is 4.67. The van der Waals surface area contributed by atoms with E-state index in [2.05, 4.69) is 12.2 Å². The molecule has 0 heterocycles. The Morgan fingerprint density at radius 3 is 2.08 bits per heavy atom. The molecule has 0 radical (unpaired) electrons. The van der Waals surface area contributed by atoms with Crippen molar-refractivity contribution in [1.29, 1.82) is 0 Å². The Balaban J connectivity index is 1.60. The van der Waals surface area contributed by atoms with Gasteiger partial charge in [0.05, 0.1) is 5.92 Å². The second kappa shape index (κ2) is 8.78. The first-order valence-electron chi connectivity index (χ1n) is 10.2. The maximum atomic E-state index is 12.8. The van der Waals surface area contributed by atoms with Gasteiger partial charge in [-0.3, -0.25) is 9.59 Å². The number of hydrogen-bond donors (Lipinski definition) is 0. The molecule has 3 fully saturated rings. The monoisotopic (exact) mass is 328 g/mol. The smallest absolute Gasteiger partial charge is 0.169 e. The van der Waals surface area contributed by atoms with Gasteiger partial charge in [0.2, 0.25) is 0 Å². The number of ketones is 2. The van der Waals surface area contributed by atoms with E-state index in [1.54, 1.807) is 6.08 Å². The van der Waals surface area contributed by atoms with Crippen LogP contribution in [0.25, 0.3) is 0 Å². The maximum Gasteiger partial charge on any atom is 0.169 e. The summed E-state index contributed by atoms with van der Waals surface area (Å²) in [6, 6.07) is 0. The van der Waals surface area contributed by atoms with Gasteiger partial charge in [-0.05, 0) is 68.4 Å². The molecule has 1 atom stereocenters. The summed E-state index contributed by atoms with van der Waals surface area (Å²) in [5.74, 6) is 0.918. The first-order chi connectivity index (χ1) is 11.7. The van der Waals surface area contributed by atoms with Gasteiger partial charge in [-0.2, -0.15) is 0 Å². The minimum atomic E-state index is -0.395. The van der Waals surface area contributed by atoms with E-state index < -0.39 is 5.92 Å². The summed E-state index contributed by atoms with van der Waals surface area (Å²) in [6.07, 6.45) is 21.3. The Hall–Kier alpha value is -1.18. The van der Waals surface area contributed by atoms with Crippen LogP contribution in [0.4, 0.5) is 0 Å². The van der Waals surface area contributed by atoms with Crippen molar-refractivity contribution in [1.82, 2.24) is 0 Å². The van der Waals surface area contributed by atoms with Gasteiger partial charge >= 0.3 is 0 Å². The Morgan fingerprint density at radius 1 is 0.792 bits per heavy atom. The number of carbonyl (C=O) groups excluding carboxylic acids is 2. The molecule has 0 aromatic rings. The lowest BCUT2D eigenvalue weighted by Gasteiger charge is -2.24. The average Bonchev–Trinajstić information content (AvgIpc) is 2.63. The van der Waals surface area contributed by atoms with Gasteiger partial charge < -0.3 is 0 Å². The van der Waals surface area contributed by atoms with E-state index in [1.165, 1.54) is 64.2 Å². The molecule has 2 heteroatoms. The zero-order valence-corrected chi connectivity index (χ0v) is 15.0. The zero-order chi connectivity index (χ0) is 16.8. The molecule has 0 amide bonds. The number of allylic oxidation sites excluding steroid dienone is 4. The third-order valence-corrected chi connectivity index (χ3v) is 6.18. The summed E-state index contributed by atoms with van der Waals surface area (Å²) in [5, 5.41) is 0. The maximum absolute atomic E-state index is 12.8. The number of hydrogen-bond acceptors (Lipinski definition) is 2. The van der Waals surface area contributed by atoms with Crippen LogP contribution >= 0.6 is 0 Å². The molecular weight excluding hydrogens is 296 g/mol. The molecule has 0 aromatic carbocycles. The lowest BCUT2D eigenvalue weighted by atomic mass is 9.78. The molecule has 0 bridgehead atoms. The molecule has 132 valence electrons. The predicted molar refractivity (Wildman–Crippen MR) is 97.7 cm³/mol. The van der Waals surface area contributed by atoms with E-state index >= 15 is 0 Å². The summed E-state index contributed by atoms with van der Waals surface area (Å²) in [7, 11) is 0. The van der Waals surface area contributed by atoms with Crippen LogP contribution in [0.15, 0.2) is 23.8 Å². The second-order valence-corrected chi connectivity index (χ2v) is 8.06. The van der Waals surface area contributed by atoms with E-state index in [-0.39, 0.29) is 11.6 Å². The highest BCUT2D eigenvalue weighted by Crippen LogP contribution is 2.32. The molecule has 3 aliphatic rings. The van der Waals surface area contributed by atoms with Crippen molar-refractivity contribution in [3.05, 3.63) is 23.8 Å². The lowest BCUT2D eigenvalue weighted by molar-refractivity contribution is -0.129. The highest BCUT2D eigenvalue weighted by molar-refractivity contribution is 6.14. The van der Waals surface area contributed by atoms with Crippen LogP contribution in [0.3, 0.4) is 0 Å². The highest BCUT2D eigenvalue weighted by atomic mass is 16.1. The Bertz CT molecular complexity index is 502. The molecule has 0 N–H and O–H groups in total. The average molecular weight is 328 g/mol. The standard InChI is InChI=1S/C22H32O2/c23-21(15-14-17-8-3-1-4-9-17)20-13-7-12-19(22(20)24)16-18-10-5-2-6-11-18/h14-18,20H,1-13H2/b15-14+,19-16?. The molecule has 1 unspecified atom stereocenters. The van der Waals surface area contributed by atoms with Crippen LogP contribution in [0.1, 0.15) is 83.5 Å². The molecule has 0 saturated heterocycles. The summed E-state index contributed by atoms with van der Waals surface area (Å²) in [6.45, 7) is 0. The minimum absolute atomic E-state index is 0.0554. The molecule has 3 aliphatic carbocycles.